The zero-order chi connectivity index (χ0) is 15.5. The molecule has 4 nitrogen and oxygen atoms in total. The van der Waals surface area contributed by atoms with Gasteiger partial charge in [-0.25, -0.2) is 0 Å². The van der Waals surface area contributed by atoms with E-state index in [2.05, 4.69) is 10.1 Å². The molecule has 0 spiro atoms. The molecule has 7 heteroatoms. The summed E-state index contributed by atoms with van der Waals surface area (Å²) in [4.78, 5) is 11.9. The summed E-state index contributed by atoms with van der Waals surface area (Å²) in [6.07, 6.45) is -4.80. The van der Waals surface area contributed by atoms with Gasteiger partial charge in [0.05, 0.1) is 0 Å². The number of rotatable bonds is 3. The largest absolute Gasteiger partial charge is 0.573 e. The van der Waals surface area contributed by atoms with E-state index >= 15 is 0 Å². The van der Waals surface area contributed by atoms with Crippen molar-refractivity contribution >= 4 is 17.3 Å². The molecule has 2 aromatic carbocycles. The molecule has 0 aromatic heterocycles. The van der Waals surface area contributed by atoms with Gasteiger partial charge in [-0.3, -0.25) is 4.79 Å². The first-order valence-corrected chi connectivity index (χ1v) is 5.86. The first kappa shape index (κ1) is 14.7. The topological polar surface area (TPSA) is 64.3 Å². The van der Waals surface area contributed by atoms with Crippen LogP contribution in [0.1, 0.15) is 10.4 Å². The van der Waals surface area contributed by atoms with Crippen LogP contribution >= 0.6 is 0 Å². The van der Waals surface area contributed by atoms with Crippen LogP contribution in [0.15, 0.2) is 48.5 Å². The summed E-state index contributed by atoms with van der Waals surface area (Å²) in [5.41, 5.74) is 6.58. The van der Waals surface area contributed by atoms with E-state index in [1.807, 2.05) is 0 Å². The van der Waals surface area contributed by atoms with Crippen molar-refractivity contribution in [3.05, 3.63) is 54.1 Å². The SMILES string of the molecule is Nc1ccc(NC(=O)c2cccc(OC(F)(F)F)c2)cc1. The van der Waals surface area contributed by atoms with Gasteiger partial charge in [-0.2, -0.15) is 0 Å². The van der Waals surface area contributed by atoms with Crippen LogP contribution in [0.2, 0.25) is 0 Å². The van der Waals surface area contributed by atoms with Crippen LogP contribution in [0.5, 0.6) is 5.75 Å². The van der Waals surface area contributed by atoms with Crippen molar-refractivity contribution in [1.82, 2.24) is 0 Å². The fraction of sp³-hybridized carbons (Fsp3) is 0.0714. The highest BCUT2D eigenvalue weighted by Gasteiger charge is 2.31. The van der Waals surface area contributed by atoms with Crippen LogP contribution < -0.4 is 15.8 Å². The smallest absolute Gasteiger partial charge is 0.406 e. The first-order chi connectivity index (χ1) is 9.83. The number of nitrogens with one attached hydrogen (secondary N) is 1. The lowest BCUT2D eigenvalue weighted by molar-refractivity contribution is -0.274. The second kappa shape index (κ2) is 5.74. The fourth-order valence-corrected chi connectivity index (χ4v) is 1.60. The predicted octanol–water partition coefficient (Wildman–Crippen LogP) is 3.42. The fourth-order valence-electron chi connectivity index (χ4n) is 1.60. The maximum absolute atomic E-state index is 12.1. The number of alkyl halides is 3. The lowest BCUT2D eigenvalue weighted by atomic mass is 10.2. The van der Waals surface area contributed by atoms with E-state index in [1.54, 1.807) is 24.3 Å². The second-order valence-electron chi connectivity index (χ2n) is 4.15. The molecule has 0 radical (unpaired) electrons. The molecule has 0 bridgehead atoms. The summed E-state index contributed by atoms with van der Waals surface area (Å²) in [5, 5.41) is 2.54. The Bertz CT molecular complexity index is 639. The number of carbonyl (C=O) groups is 1. The van der Waals surface area contributed by atoms with Crippen molar-refractivity contribution in [2.45, 2.75) is 6.36 Å². The van der Waals surface area contributed by atoms with E-state index in [1.165, 1.54) is 12.1 Å². The van der Waals surface area contributed by atoms with E-state index < -0.39 is 18.0 Å². The number of amides is 1. The van der Waals surface area contributed by atoms with Crippen LogP contribution in [0.3, 0.4) is 0 Å². The Kier molecular flexibility index (Phi) is 4.02. The molecule has 2 rings (SSSR count). The number of halogens is 3. The van der Waals surface area contributed by atoms with Gasteiger partial charge in [-0.1, -0.05) is 6.07 Å². The van der Waals surface area contributed by atoms with E-state index in [0.29, 0.717) is 11.4 Å². The molecule has 0 aliphatic heterocycles. The average molecular weight is 296 g/mol. The predicted molar refractivity (Wildman–Crippen MR) is 71.9 cm³/mol. The van der Waals surface area contributed by atoms with Crippen LogP contribution in [0.25, 0.3) is 0 Å². The van der Waals surface area contributed by atoms with Crippen molar-refractivity contribution < 1.29 is 22.7 Å². The Morgan fingerprint density at radius 3 is 2.38 bits per heavy atom. The Labute approximate surface area is 118 Å². The molecule has 21 heavy (non-hydrogen) atoms. The highest BCUT2D eigenvalue weighted by molar-refractivity contribution is 6.04. The van der Waals surface area contributed by atoms with Crippen molar-refractivity contribution in [2.24, 2.45) is 0 Å². The summed E-state index contributed by atoms with van der Waals surface area (Å²) < 4.78 is 40.1. The molecule has 0 atom stereocenters. The van der Waals surface area contributed by atoms with Gasteiger partial charge in [-0.15, -0.1) is 13.2 Å². The molecule has 0 aliphatic rings. The number of anilines is 2. The lowest BCUT2D eigenvalue weighted by Crippen LogP contribution is -2.18. The van der Waals surface area contributed by atoms with Gasteiger partial charge in [0, 0.05) is 16.9 Å². The van der Waals surface area contributed by atoms with Gasteiger partial charge in [0.25, 0.3) is 5.91 Å². The van der Waals surface area contributed by atoms with Gasteiger partial charge in [0.1, 0.15) is 5.75 Å². The Balaban J connectivity index is 2.12. The van der Waals surface area contributed by atoms with Gasteiger partial charge in [0.15, 0.2) is 0 Å². The summed E-state index contributed by atoms with van der Waals surface area (Å²) in [6.45, 7) is 0. The summed E-state index contributed by atoms with van der Waals surface area (Å²) >= 11 is 0. The minimum absolute atomic E-state index is 0.0496. The monoisotopic (exact) mass is 296 g/mol. The molecule has 0 saturated carbocycles. The van der Waals surface area contributed by atoms with Crippen molar-refractivity contribution in [2.75, 3.05) is 11.1 Å². The molecule has 0 aliphatic carbocycles. The van der Waals surface area contributed by atoms with Gasteiger partial charge in [-0.05, 0) is 42.5 Å². The quantitative estimate of drug-likeness (QED) is 0.853. The maximum atomic E-state index is 12.1. The summed E-state index contributed by atoms with van der Waals surface area (Å²) in [6, 6.07) is 11.2. The first-order valence-electron chi connectivity index (χ1n) is 5.86. The number of nitrogen functional groups attached to an aromatic ring is 1. The molecule has 3 N–H and O–H groups in total. The third-order valence-corrected chi connectivity index (χ3v) is 2.50. The molecular weight excluding hydrogens is 285 g/mol. The number of hydrogen-bond donors (Lipinski definition) is 2. The third-order valence-electron chi connectivity index (χ3n) is 2.50. The number of carbonyl (C=O) groups excluding carboxylic acids is 1. The normalized spacial score (nSPS) is 11.0. The number of nitrogens with two attached hydrogens (primary N) is 1. The van der Waals surface area contributed by atoms with Crippen LogP contribution in [-0.2, 0) is 0 Å². The molecule has 2 aromatic rings. The van der Waals surface area contributed by atoms with Crippen LogP contribution in [0.4, 0.5) is 24.5 Å². The zero-order valence-corrected chi connectivity index (χ0v) is 10.6. The minimum atomic E-state index is -4.80. The zero-order valence-electron chi connectivity index (χ0n) is 10.6. The van der Waals surface area contributed by atoms with E-state index in [4.69, 9.17) is 5.73 Å². The molecule has 0 heterocycles. The van der Waals surface area contributed by atoms with Crippen molar-refractivity contribution in [1.29, 1.82) is 0 Å². The molecule has 0 saturated heterocycles. The Morgan fingerprint density at radius 2 is 1.76 bits per heavy atom. The standard InChI is InChI=1S/C14H11F3N2O2/c15-14(16,17)21-12-3-1-2-9(8-12)13(20)19-11-6-4-10(18)5-7-11/h1-8H,18H2,(H,19,20). The highest BCUT2D eigenvalue weighted by atomic mass is 19.4. The molecule has 0 fully saturated rings. The minimum Gasteiger partial charge on any atom is -0.406 e. The van der Waals surface area contributed by atoms with E-state index in [-0.39, 0.29) is 5.56 Å². The number of hydrogen-bond acceptors (Lipinski definition) is 3. The average Bonchev–Trinajstić information content (AvgIpc) is 2.40. The third kappa shape index (κ3) is 4.41. The van der Waals surface area contributed by atoms with Crippen LogP contribution in [0, 0.1) is 0 Å². The van der Waals surface area contributed by atoms with Gasteiger partial charge >= 0.3 is 6.36 Å². The number of ether oxygens (including phenoxy) is 1. The Hall–Kier alpha value is -2.70. The van der Waals surface area contributed by atoms with Gasteiger partial charge < -0.3 is 15.8 Å². The molecule has 110 valence electrons. The summed E-state index contributed by atoms with van der Waals surface area (Å²) in [5.74, 6) is -1.00. The highest BCUT2D eigenvalue weighted by Crippen LogP contribution is 2.23. The van der Waals surface area contributed by atoms with Crippen LogP contribution in [-0.4, -0.2) is 12.3 Å². The van der Waals surface area contributed by atoms with E-state index in [0.717, 1.165) is 12.1 Å². The van der Waals surface area contributed by atoms with Gasteiger partial charge in [0.2, 0.25) is 0 Å². The van der Waals surface area contributed by atoms with Crippen molar-refractivity contribution in [3.8, 4) is 5.75 Å². The number of benzene rings is 2. The van der Waals surface area contributed by atoms with Crippen molar-refractivity contribution in [3.63, 3.8) is 0 Å². The molecule has 1 amide bonds. The maximum Gasteiger partial charge on any atom is 0.573 e. The molecule has 0 unspecified atom stereocenters. The molecular formula is C14H11F3N2O2. The Morgan fingerprint density at radius 1 is 1.10 bits per heavy atom. The second-order valence-corrected chi connectivity index (χ2v) is 4.15. The summed E-state index contributed by atoms with van der Waals surface area (Å²) in [7, 11) is 0. The lowest BCUT2D eigenvalue weighted by Gasteiger charge is -2.10. The van der Waals surface area contributed by atoms with E-state index in [9.17, 15) is 18.0 Å².